The molecular formula is C41H30N2. The quantitative estimate of drug-likeness (QED) is 0.207. The minimum absolute atomic E-state index is 1.12. The summed E-state index contributed by atoms with van der Waals surface area (Å²) in [6.45, 7) is 0. The number of rotatable bonds is 5. The van der Waals surface area contributed by atoms with Crippen LogP contribution >= 0.6 is 0 Å². The van der Waals surface area contributed by atoms with Gasteiger partial charge in [-0.3, -0.25) is 0 Å². The monoisotopic (exact) mass is 550 g/mol. The topological polar surface area (TPSA) is 8.17 Å². The molecule has 0 saturated heterocycles. The van der Waals surface area contributed by atoms with Crippen LogP contribution in [0.15, 0.2) is 164 Å². The minimum Gasteiger partial charge on any atom is -0.344 e. The van der Waals surface area contributed by atoms with E-state index in [-0.39, 0.29) is 0 Å². The van der Waals surface area contributed by atoms with E-state index >= 15 is 0 Å². The summed E-state index contributed by atoms with van der Waals surface area (Å²) in [6, 6.07) is 59.0. The van der Waals surface area contributed by atoms with Crippen LogP contribution in [0.1, 0.15) is 0 Å². The molecule has 0 aliphatic carbocycles. The molecule has 0 fully saturated rings. The number of nitrogens with zero attached hydrogens (tertiary/aromatic N) is 2. The third kappa shape index (κ3) is 4.45. The predicted molar refractivity (Wildman–Crippen MR) is 183 cm³/mol. The van der Waals surface area contributed by atoms with Gasteiger partial charge in [0.1, 0.15) is 0 Å². The number of anilines is 3. The lowest BCUT2D eigenvalue weighted by Crippen LogP contribution is -2.09. The van der Waals surface area contributed by atoms with Crippen molar-refractivity contribution in [3.63, 3.8) is 0 Å². The first-order valence-corrected chi connectivity index (χ1v) is 14.7. The SMILES string of the molecule is Cn1c2cc(-c3ccc(N(c4ccccc4)c4cccc(-c5ccccc5)c4)cc3)ccc2c2cc3ccccc3cc21. The van der Waals surface area contributed by atoms with Gasteiger partial charge < -0.3 is 9.47 Å². The Labute approximate surface area is 251 Å². The summed E-state index contributed by atoms with van der Waals surface area (Å²) in [6.07, 6.45) is 0. The van der Waals surface area contributed by atoms with Crippen molar-refractivity contribution in [1.82, 2.24) is 4.57 Å². The first-order chi connectivity index (χ1) is 21.2. The maximum Gasteiger partial charge on any atom is 0.0495 e. The highest BCUT2D eigenvalue weighted by atomic mass is 15.1. The molecule has 2 nitrogen and oxygen atoms in total. The van der Waals surface area contributed by atoms with E-state index in [1.807, 2.05) is 0 Å². The molecule has 0 atom stereocenters. The summed E-state index contributed by atoms with van der Waals surface area (Å²) >= 11 is 0. The van der Waals surface area contributed by atoms with Gasteiger partial charge >= 0.3 is 0 Å². The fourth-order valence-corrected chi connectivity index (χ4v) is 6.35. The van der Waals surface area contributed by atoms with Gasteiger partial charge in [0.2, 0.25) is 0 Å². The molecule has 0 radical (unpaired) electrons. The average molecular weight is 551 g/mol. The van der Waals surface area contributed by atoms with Crippen molar-refractivity contribution >= 4 is 49.6 Å². The second kappa shape index (κ2) is 10.3. The molecular weight excluding hydrogens is 520 g/mol. The Kier molecular flexibility index (Phi) is 6.05. The normalized spacial score (nSPS) is 11.4. The summed E-state index contributed by atoms with van der Waals surface area (Å²) in [4.78, 5) is 2.33. The van der Waals surface area contributed by atoms with Gasteiger partial charge in [0.25, 0.3) is 0 Å². The van der Waals surface area contributed by atoms with Crippen LogP contribution in [0.5, 0.6) is 0 Å². The molecule has 8 rings (SSSR count). The van der Waals surface area contributed by atoms with Crippen LogP contribution < -0.4 is 4.90 Å². The van der Waals surface area contributed by atoms with E-state index in [4.69, 9.17) is 0 Å². The van der Waals surface area contributed by atoms with E-state index in [0.717, 1.165) is 17.1 Å². The van der Waals surface area contributed by atoms with E-state index in [9.17, 15) is 0 Å². The van der Waals surface area contributed by atoms with E-state index < -0.39 is 0 Å². The predicted octanol–water partition coefficient (Wildman–Crippen LogP) is 11.3. The molecule has 0 unspecified atom stereocenters. The largest absolute Gasteiger partial charge is 0.344 e. The molecule has 0 saturated carbocycles. The Balaban J connectivity index is 1.19. The highest BCUT2D eigenvalue weighted by molar-refractivity contribution is 6.13. The van der Waals surface area contributed by atoms with E-state index in [1.54, 1.807) is 0 Å². The number of para-hydroxylation sites is 1. The first kappa shape index (κ1) is 25.1. The van der Waals surface area contributed by atoms with Gasteiger partial charge in [0.15, 0.2) is 0 Å². The first-order valence-electron chi connectivity index (χ1n) is 14.7. The number of aryl methyl sites for hydroxylation is 1. The van der Waals surface area contributed by atoms with Crippen molar-refractivity contribution in [1.29, 1.82) is 0 Å². The lowest BCUT2D eigenvalue weighted by atomic mass is 10.0. The molecule has 0 aliphatic rings. The maximum absolute atomic E-state index is 2.33. The fraction of sp³-hybridized carbons (Fsp3) is 0.0244. The third-order valence-electron chi connectivity index (χ3n) is 8.56. The molecule has 8 aromatic rings. The van der Waals surface area contributed by atoms with Crippen molar-refractivity contribution in [2.75, 3.05) is 4.90 Å². The smallest absolute Gasteiger partial charge is 0.0495 e. The summed E-state index contributed by atoms with van der Waals surface area (Å²) in [5, 5.41) is 5.14. The van der Waals surface area contributed by atoms with E-state index in [2.05, 4.69) is 180 Å². The second-order valence-corrected chi connectivity index (χ2v) is 11.1. The number of hydrogen-bond donors (Lipinski definition) is 0. The van der Waals surface area contributed by atoms with Crippen LogP contribution in [0.25, 0.3) is 54.8 Å². The fourth-order valence-electron chi connectivity index (χ4n) is 6.35. The molecule has 204 valence electrons. The number of hydrogen-bond acceptors (Lipinski definition) is 1. The van der Waals surface area contributed by atoms with Crippen molar-refractivity contribution < 1.29 is 0 Å². The van der Waals surface area contributed by atoms with Crippen LogP contribution in [0.3, 0.4) is 0 Å². The highest BCUT2D eigenvalue weighted by Crippen LogP contribution is 2.38. The molecule has 43 heavy (non-hydrogen) atoms. The lowest BCUT2D eigenvalue weighted by molar-refractivity contribution is 1.02. The molecule has 0 amide bonds. The van der Waals surface area contributed by atoms with Gasteiger partial charge in [-0.15, -0.1) is 0 Å². The summed E-state index contributed by atoms with van der Waals surface area (Å²) in [5.74, 6) is 0. The summed E-state index contributed by atoms with van der Waals surface area (Å²) in [5.41, 5.74) is 10.7. The Hall–Kier alpha value is -5.60. The summed E-state index contributed by atoms with van der Waals surface area (Å²) in [7, 11) is 2.17. The van der Waals surface area contributed by atoms with Gasteiger partial charge in [0, 0.05) is 45.9 Å². The molecule has 0 bridgehead atoms. The zero-order valence-corrected chi connectivity index (χ0v) is 24.0. The van der Waals surface area contributed by atoms with Crippen LogP contribution in [-0.2, 0) is 7.05 Å². The molecule has 7 aromatic carbocycles. The van der Waals surface area contributed by atoms with Crippen molar-refractivity contribution in [3.8, 4) is 22.3 Å². The van der Waals surface area contributed by atoms with Gasteiger partial charge in [-0.25, -0.2) is 0 Å². The average Bonchev–Trinajstić information content (AvgIpc) is 3.35. The number of fused-ring (bicyclic) bond motifs is 4. The van der Waals surface area contributed by atoms with Gasteiger partial charge in [-0.1, -0.05) is 109 Å². The summed E-state index contributed by atoms with van der Waals surface area (Å²) < 4.78 is 2.33. The van der Waals surface area contributed by atoms with Crippen molar-refractivity contribution in [3.05, 3.63) is 164 Å². The molecule has 2 heteroatoms. The second-order valence-electron chi connectivity index (χ2n) is 11.1. The molecule has 1 aromatic heterocycles. The Morgan fingerprint density at radius 2 is 0.907 bits per heavy atom. The maximum atomic E-state index is 2.33. The Morgan fingerprint density at radius 1 is 0.372 bits per heavy atom. The van der Waals surface area contributed by atoms with Crippen molar-refractivity contribution in [2.24, 2.45) is 7.05 Å². The highest BCUT2D eigenvalue weighted by Gasteiger charge is 2.15. The van der Waals surface area contributed by atoms with Crippen LogP contribution in [-0.4, -0.2) is 4.57 Å². The van der Waals surface area contributed by atoms with Crippen molar-refractivity contribution in [2.45, 2.75) is 0 Å². The zero-order chi connectivity index (χ0) is 28.8. The number of benzene rings is 7. The van der Waals surface area contributed by atoms with Gasteiger partial charge in [-0.2, -0.15) is 0 Å². The molecule has 0 aliphatic heterocycles. The van der Waals surface area contributed by atoms with E-state index in [0.29, 0.717) is 0 Å². The van der Waals surface area contributed by atoms with Gasteiger partial charge in [0.05, 0.1) is 0 Å². The Bertz CT molecular complexity index is 2230. The zero-order valence-electron chi connectivity index (χ0n) is 24.0. The Morgan fingerprint density at radius 3 is 1.67 bits per heavy atom. The van der Waals surface area contributed by atoms with Crippen LogP contribution in [0, 0.1) is 0 Å². The number of aromatic nitrogens is 1. The van der Waals surface area contributed by atoms with Crippen LogP contribution in [0.4, 0.5) is 17.1 Å². The lowest BCUT2D eigenvalue weighted by Gasteiger charge is -2.26. The van der Waals surface area contributed by atoms with E-state index in [1.165, 1.54) is 54.8 Å². The van der Waals surface area contributed by atoms with Gasteiger partial charge in [-0.05, 0) is 87.6 Å². The van der Waals surface area contributed by atoms with Crippen LogP contribution in [0.2, 0.25) is 0 Å². The standard InChI is InChI=1S/C41H30N2/c1-42-40-28-34(21-24-38(40)39-26-32-13-8-9-14-33(32)27-41(39)42)30-19-22-36(23-20-30)43(35-16-6-3-7-17-35)37-18-10-15-31(25-37)29-11-4-2-5-12-29/h2-28H,1H3. The minimum atomic E-state index is 1.12. The molecule has 0 N–H and O–H groups in total. The third-order valence-corrected chi connectivity index (χ3v) is 8.56. The molecule has 1 heterocycles. The molecule has 0 spiro atoms.